The molecule has 0 radical (unpaired) electrons. The fourth-order valence-corrected chi connectivity index (χ4v) is 4.59. The van der Waals surface area contributed by atoms with Gasteiger partial charge in [0.2, 0.25) is 0 Å². The highest BCUT2D eigenvalue weighted by Crippen LogP contribution is 2.29. The van der Waals surface area contributed by atoms with E-state index in [0.29, 0.717) is 25.2 Å². The molecular weight excluding hydrogens is 403 g/mol. The molecule has 0 saturated carbocycles. The Hall–Kier alpha value is -3.54. The number of benzene rings is 2. The topological polar surface area (TPSA) is 61.9 Å². The number of nitrogens with zero attached hydrogens (tertiary/aromatic N) is 3. The maximum absolute atomic E-state index is 13.6. The van der Waals surface area contributed by atoms with Gasteiger partial charge < -0.3 is 4.90 Å². The highest BCUT2D eigenvalue weighted by molar-refractivity contribution is 6.04. The third-order valence-corrected chi connectivity index (χ3v) is 6.14. The number of fused-ring (bicyclic) bond motifs is 1. The minimum absolute atomic E-state index is 0.0445. The van der Waals surface area contributed by atoms with Crippen LogP contribution in [0.5, 0.6) is 0 Å². The highest BCUT2D eigenvalue weighted by atomic mass is 19.1. The predicted octanol–water partition coefficient (Wildman–Crippen LogP) is 4.93. The van der Waals surface area contributed by atoms with Crippen molar-refractivity contribution in [3.8, 4) is 0 Å². The first-order chi connectivity index (χ1) is 15.5. The molecule has 2 aromatic carbocycles. The number of hydrogen-bond acceptors (Lipinski definition) is 3. The van der Waals surface area contributed by atoms with Gasteiger partial charge >= 0.3 is 0 Å². The average Bonchev–Trinajstić information content (AvgIpc) is 3.40. The molecule has 0 spiro atoms. The third-order valence-electron chi connectivity index (χ3n) is 6.14. The number of aromatic nitrogens is 3. The molecule has 1 aliphatic heterocycles. The molecular formula is C26H25FN4O. The Bertz CT molecular complexity index is 1310. The van der Waals surface area contributed by atoms with Crippen molar-refractivity contribution in [2.24, 2.45) is 0 Å². The van der Waals surface area contributed by atoms with Crippen molar-refractivity contribution in [1.29, 1.82) is 0 Å². The van der Waals surface area contributed by atoms with Crippen LogP contribution in [0, 0.1) is 19.7 Å². The zero-order valence-corrected chi connectivity index (χ0v) is 18.2. The number of aryl methyl sites for hydroxylation is 2. The highest BCUT2D eigenvalue weighted by Gasteiger charge is 2.31. The largest absolute Gasteiger partial charge is 0.337 e. The molecule has 0 unspecified atom stereocenters. The van der Waals surface area contributed by atoms with Gasteiger partial charge in [0.1, 0.15) is 5.82 Å². The van der Waals surface area contributed by atoms with Crippen molar-refractivity contribution in [3.05, 3.63) is 94.2 Å². The molecule has 1 aliphatic rings. The summed E-state index contributed by atoms with van der Waals surface area (Å²) in [6.07, 6.45) is 1.52. The molecule has 3 heterocycles. The Morgan fingerprint density at radius 3 is 2.84 bits per heavy atom. The lowest BCUT2D eigenvalue weighted by molar-refractivity contribution is 0.0786. The smallest absolute Gasteiger partial charge is 0.275 e. The van der Waals surface area contributed by atoms with E-state index >= 15 is 0 Å². The van der Waals surface area contributed by atoms with Gasteiger partial charge in [0.25, 0.3) is 5.91 Å². The van der Waals surface area contributed by atoms with E-state index in [0.717, 1.165) is 45.4 Å². The van der Waals surface area contributed by atoms with Crippen LogP contribution >= 0.6 is 0 Å². The van der Waals surface area contributed by atoms with Crippen LogP contribution in [0.25, 0.3) is 10.9 Å². The number of carbonyl (C=O) groups excluding carboxylic acids is 1. The van der Waals surface area contributed by atoms with E-state index in [4.69, 9.17) is 4.98 Å². The van der Waals surface area contributed by atoms with Crippen molar-refractivity contribution < 1.29 is 9.18 Å². The van der Waals surface area contributed by atoms with Gasteiger partial charge in [-0.3, -0.25) is 14.9 Å². The van der Waals surface area contributed by atoms with Crippen LogP contribution in [0.15, 0.2) is 54.6 Å². The number of carbonyl (C=O) groups is 1. The van der Waals surface area contributed by atoms with Crippen LogP contribution in [0.3, 0.4) is 0 Å². The van der Waals surface area contributed by atoms with Crippen molar-refractivity contribution in [3.63, 3.8) is 0 Å². The number of pyridine rings is 1. The molecule has 5 nitrogen and oxygen atoms in total. The van der Waals surface area contributed by atoms with Gasteiger partial charge in [-0.1, -0.05) is 23.8 Å². The van der Waals surface area contributed by atoms with E-state index in [2.05, 4.69) is 16.3 Å². The molecule has 162 valence electrons. The molecule has 1 fully saturated rings. The van der Waals surface area contributed by atoms with E-state index in [1.807, 2.05) is 49.1 Å². The first kappa shape index (κ1) is 20.4. The molecule has 1 saturated heterocycles. The first-order valence-electron chi connectivity index (χ1n) is 10.9. The number of hydrogen-bond donors (Lipinski definition) is 1. The van der Waals surface area contributed by atoms with Gasteiger partial charge in [0, 0.05) is 35.8 Å². The molecule has 1 atom stereocenters. The van der Waals surface area contributed by atoms with E-state index in [1.54, 1.807) is 12.1 Å². The van der Waals surface area contributed by atoms with Crippen molar-refractivity contribution in [1.82, 2.24) is 20.1 Å². The zero-order chi connectivity index (χ0) is 22.2. The predicted molar refractivity (Wildman–Crippen MR) is 122 cm³/mol. The monoisotopic (exact) mass is 428 g/mol. The van der Waals surface area contributed by atoms with Crippen molar-refractivity contribution in [2.75, 3.05) is 13.1 Å². The number of amides is 1. The molecule has 1 N–H and O–H groups in total. The fraction of sp³-hybridized carbons (Fsp3) is 0.269. The fourth-order valence-electron chi connectivity index (χ4n) is 4.59. The van der Waals surface area contributed by atoms with E-state index in [-0.39, 0.29) is 17.6 Å². The number of nitrogens with one attached hydrogen (secondary N) is 1. The summed E-state index contributed by atoms with van der Waals surface area (Å²) in [6.45, 7) is 5.29. The molecule has 0 aliphatic carbocycles. The van der Waals surface area contributed by atoms with Crippen molar-refractivity contribution in [2.45, 2.75) is 32.6 Å². The summed E-state index contributed by atoms with van der Waals surface area (Å²) in [7, 11) is 0. The second kappa shape index (κ2) is 8.19. The molecule has 5 rings (SSSR count). The average molecular weight is 429 g/mol. The molecule has 0 bridgehead atoms. The summed E-state index contributed by atoms with van der Waals surface area (Å²) in [5, 5.41) is 8.13. The van der Waals surface area contributed by atoms with Crippen molar-refractivity contribution >= 4 is 16.8 Å². The lowest BCUT2D eigenvalue weighted by Crippen LogP contribution is -2.29. The zero-order valence-electron chi connectivity index (χ0n) is 18.2. The van der Waals surface area contributed by atoms with Crippen LogP contribution in [-0.2, 0) is 6.42 Å². The van der Waals surface area contributed by atoms with Crippen LogP contribution in [-0.4, -0.2) is 39.1 Å². The van der Waals surface area contributed by atoms with Crippen LogP contribution in [0.2, 0.25) is 0 Å². The number of halogens is 1. The maximum Gasteiger partial charge on any atom is 0.275 e. The van der Waals surface area contributed by atoms with E-state index < -0.39 is 0 Å². The Kier molecular flexibility index (Phi) is 5.21. The van der Waals surface area contributed by atoms with Gasteiger partial charge in [0.05, 0.1) is 5.52 Å². The summed E-state index contributed by atoms with van der Waals surface area (Å²) in [5.41, 5.74) is 6.43. The quantitative estimate of drug-likeness (QED) is 0.501. The van der Waals surface area contributed by atoms with Gasteiger partial charge in [0.15, 0.2) is 5.69 Å². The summed E-state index contributed by atoms with van der Waals surface area (Å²) < 4.78 is 13.6. The number of aromatic amines is 1. The lowest BCUT2D eigenvalue weighted by atomic mass is 9.98. The Balaban J connectivity index is 1.35. The molecule has 4 aromatic rings. The van der Waals surface area contributed by atoms with Gasteiger partial charge in [-0.25, -0.2) is 4.39 Å². The maximum atomic E-state index is 13.6. The Morgan fingerprint density at radius 1 is 1.12 bits per heavy atom. The van der Waals surface area contributed by atoms with Crippen LogP contribution < -0.4 is 0 Å². The molecule has 6 heteroatoms. The lowest BCUT2D eigenvalue weighted by Gasteiger charge is -2.16. The summed E-state index contributed by atoms with van der Waals surface area (Å²) >= 11 is 0. The normalized spacial score (nSPS) is 16.1. The van der Waals surface area contributed by atoms with Gasteiger partial charge in [-0.05, 0) is 74.2 Å². The second-order valence-corrected chi connectivity index (χ2v) is 8.71. The second-order valence-electron chi connectivity index (χ2n) is 8.71. The van der Waals surface area contributed by atoms with Crippen LogP contribution in [0.1, 0.15) is 50.9 Å². The summed E-state index contributed by atoms with van der Waals surface area (Å²) in [6, 6.07) is 16.8. The molecule has 32 heavy (non-hydrogen) atoms. The van der Waals surface area contributed by atoms with E-state index in [9.17, 15) is 9.18 Å². The molecule has 2 aromatic heterocycles. The Morgan fingerprint density at radius 2 is 2.00 bits per heavy atom. The van der Waals surface area contributed by atoms with Gasteiger partial charge in [-0.15, -0.1) is 0 Å². The third kappa shape index (κ3) is 4.00. The molecule has 1 amide bonds. The summed E-state index contributed by atoms with van der Waals surface area (Å²) in [4.78, 5) is 19.8. The minimum Gasteiger partial charge on any atom is -0.337 e. The Labute approximate surface area is 186 Å². The standard InChI is InChI=1S/C26H25FN4O/c1-16-6-7-23-22(10-16)25(30-29-23)26(32)31-9-8-20(15-31)24-14-19(11-17(2)28-24)12-18-4-3-5-21(27)13-18/h3-7,10-11,13-14,20H,8-9,12,15H2,1-2H3,(H,29,30)/t20-/m1/s1. The minimum atomic E-state index is -0.223. The van der Waals surface area contributed by atoms with E-state index in [1.165, 1.54) is 6.07 Å². The number of H-pyrrole nitrogens is 1. The number of rotatable bonds is 4. The summed E-state index contributed by atoms with van der Waals surface area (Å²) in [5.74, 6) is -0.0893. The number of likely N-dealkylation sites (tertiary alicyclic amines) is 1. The SMILES string of the molecule is Cc1ccc2[nH]nc(C(=O)N3CC[C@@H](c4cc(Cc5cccc(F)c5)cc(C)n4)C3)c2c1. The van der Waals surface area contributed by atoms with Crippen LogP contribution in [0.4, 0.5) is 4.39 Å². The van der Waals surface area contributed by atoms with Gasteiger partial charge in [-0.2, -0.15) is 5.10 Å². The first-order valence-corrected chi connectivity index (χ1v) is 10.9.